The van der Waals surface area contributed by atoms with E-state index in [0.29, 0.717) is 30.0 Å². The van der Waals surface area contributed by atoms with E-state index in [-0.39, 0.29) is 23.8 Å². The molecule has 182 valence electrons. The van der Waals surface area contributed by atoms with E-state index in [1.54, 1.807) is 18.2 Å². The van der Waals surface area contributed by atoms with Gasteiger partial charge < -0.3 is 16.4 Å². The van der Waals surface area contributed by atoms with Gasteiger partial charge in [-0.15, -0.1) is 0 Å². The maximum Gasteiger partial charge on any atom is 0.274 e. The lowest BCUT2D eigenvalue weighted by molar-refractivity contribution is -0.121. The van der Waals surface area contributed by atoms with Crippen LogP contribution in [0.5, 0.6) is 0 Å². The number of aromatic nitrogens is 1. The van der Waals surface area contributed by atoms with Crippen molar-refractivity contribution in [2.24, 2.45) is 5.73 Å². The second kappa shape index (κ2) is 11.7. The first-order valence-electron chi connectivity index (χ1n) is 11.8. The average molecular weight is 480 g/mol. The predicted molar refractivity (Wildman–Crippen MR) is 144 cm³/mol. The first-order valence-corrected chi connectivity index (χ1v) is 11.8. The van der Waals surface area contributed by atoms with Crippen molar-refractivity contribution in [1.82, 2.24) is 9.88 Å². The van der Waals surface area contributed by atoms with Gasteiger partial charge in [-0.2, -0.15) is 0 Å². The van der Waals surface area contributed by atoms with E-state index >= 15 is 0 Å². The van der Waals surface area contributed by atoms with Crippen molar-refractivity contribution >= 4 is 17.4 Å². The molecule has 0 bridgehead atoms. The molecule has 7 nitrogen and oxygen atoms in total. The summed E-state index contributed by atoms with van der Waals surface area (Å²) in [7, 11) is 0. The number of pyridine rings is 1. The van der Waals surface area contributed by atoms with Crippen LogP contribution in [0, 0.1) is 5.41 Å². The summed E-state index contributed by atoms with van der Waals surface area (Å²) in [6, 6.07) is 30.4. The van der Waals surface area contributed by atoms with Gasteiger partial charge in [0, 0.05) is 18.7 Å². The molecule has 0 aliphatic rings. The molecule has 7 heteroatoms. The van der Waals surface area contributed by atoms with Gasteiger partial charge in [0.2, 0.25) is 5.91 Å². The minimum absolute atomic E-state index is 0.00402. The van der Waals surface area contributed by atoms with Crippen LogP contribution < -0.4 is 21.9 Å². The summed E-state index contributed by atoms with van der Waals surface area (Å²) in [5.41, 5.74) is 9.93. The van der Waals surface area contributed by atoms with Crippen LogP contribution >= 0.6 is 0 Å². The lowest BCUT2D eigenvalue weighted by Crippen LogP contribution is -2.34. The minimum Gasteiger partial charge on any atom is -0.384 e. The summed E-state index contributed by atoms with van der Waals surface area (Å²) >= 11 is 0. The molecule has 5 N–H and O–H groups in total. The predicted octanol–water partition coefficient (Wildman–Crippen LogP) is 3.77. The summed E-state index contributed by atoms with van der Waals surface area (Å²) in [5.74, 6) is -0.276. The third-order valence-corrected chi connectivity index (χ3v) is 5.87. The summed E-state index contributed by atoms with van der Waals surface area (Å²) in [4.78, 5) is 26.3. The Morgan fingerprint density at radius 3 is 2.17 bits per heavy atom. The fourth-order valence-corrected chi connectivity index (χ4v) is 3.92. The first kappa shape index (κ1) is 24.5. The van der Waals surface area contributed by atoms with Crippen molar-refractivity contribution in [3.05, 3.63) is 124 Å². The number of hydrogen-bond acceptors (Lipinski definition) is 4. The molecule has 0 saturated heterocycles. The Morgan fingerprint density at radius 2 is 1.50 bits per heavy atom. The Labute approximate surface area is 210 Å². The molecule has 4 aromatic rings. The van der Waals surface area contributed by atoms with Crippen LogP contribution in [0.1, 0.15) is 16.7 Å². The van der Waals surface area contributed by atoms with Crippen molar-refractivity contribution in [3.63, 3.8) is 0 Å². The number of anilines is 1. The van der Waals surface area contributed by atoms with Gasteiger partial charge in [-0.25, -0.2) is 0 Å². The molecule has 4 rings (SSSR count). The highest BCUT2D eigenvalue weighted by atomic mass is 16.2. The normalized spacial score (nSPS) is 10.6. The molecule has 3 aromatic carbocycles. The average Bonchev–Trinajstić information content (AvgIpc) is 2.91. The molecular weight excluding hydrogens is 450 g/mol. The number of nitrogens with zero attached hydrogens (tertiary/aromatic N) is 1. The molecule has 0 aliphatic heterocycles. The number of carbonyl (C=O) groups is 1. The van der Waals surface area contributed by atoms with Gasteiger partial charge in [0.25, 0.3) is 5.56 Å². The molecule has 36 heavy (non-hydrogen) atoms. The van der Waals surface area contributed by atoms with Crippen LogP contribution in [0.2, 0.25) is 0 Å². The summed E-state index contributed by atoms with van der Waals surface area (Å²) < 4.78 is 1.51. The molecule has 0 spiro atoms. The first-order chi connectivity index (χ1) is 17.5. The zero-order valence-corrected chi connectivity index (χ0v) is 19.9. The topological polar surface area (TPSA) is 113 Å². The van der Waals surface area contributed by atoms with Crippen molar-refractivity contribution in [1.29, 1.82) is 5.41 Å². The van der Waals surface area contributed by atoms with E-state index < -0.39 is 0 Å². The number of nitrogen functional groups attached to an aromatic ring is 1. The Hall–Kier alpha value is -4.65. The lowest BCUT2D eigenvalue weighted by atomic mass is 10.1. The molecule has 1 aromatic heterocycles. The van der Waals surface area contributed by atoms with E-state index in [4.69, 9.17) is 11.1 Å². The number of amidine groups is 1. The van der Waals surface area contributed by atoms with E-state index in [2.05, 4.69) is 22.8 Å². The Morgan fingerprint density at radius 1 is 0.833 bits per heavy atom. The maximum absolute atomic E-state index is 13.4. The Bertz CT molecular complexity index is 1380. The Balaban J connectivity index is 1.50. The van der Waals surface area contributed by atoms with E-state index in [1.807, 2.05) is 66.7 Å². The number of nitrogens with two attached hydrogens (primary N) is 1. The molecule has 0 atom stereocenters. The van der Waals surface area contributed by atoms with Crippen LogP contribution in [0.4, 0.5) is 5.69 Å². The zero-order valence-electron chi connectivity index (χ0n) is 19.9. The highest BCUT2D eigenvalue weighted by molar-refractivity contribution is 5.94. The SMILES string of the molecule is N=C(N)c1ccc(CNC(=O)Cn2c(-c3ccccc3)ccc(NCCc3ccccc3)c2=O)cc1. The fraction of sp³-hybridized carbons (Fsp3) is 0.138. The molecule has 0 saturated carbocycles. The number of carbonyl (C=O) groups excluding carboxylic acids is 1. The van der Waals surface area contributed by atoms with Gasteiger partial charge in [0.1, 0.15) is 18.1 Å². The van der Waals surface area contributed by atoms with E-state index in [9.17, 15) is 9.59 Å². The van der Waals surface area contributed by atoms with Crippen molar-refractivity contribution < 1.29 is 4.79 Å². The molecule has 0 radical (unpaired) electrons. The molecular formula is C29H29N5O2. The lowest BCUT2D eigenvalue weighted by Gasteiger charge is -2.16. The number of benzene rings is 3. The summed E-state index contributed by atoms with van der Waals surface area (Å²) in [6.45, 7) is 0.802. The monoisotopic (exact) mass is 479 g/mol. The van der Waals surface area contributed by atoms with Gasteiger partial charge in [-0.1, -0.05) is 84.9 Å². The third kappa shape index (κ3) is 6.27. The van der Waals surface area contributed by atoms with Gasteiger partial charge in [-0.05, 0) is 35.2 Å². The van der Waals surface area contributed by atoms with Gasteiger partial charge in [0.05, 0.1) is 5.69 Å². The van der Waals surface area contributed by atoms with Crippen molar-refractivity contribution in [2.75, 3.05) is 11.9 Å². The van der Waals surface area contributed by atoms with E-state index in [0.717, 1.165) is 17.5 Å². The van der Waals surface area contributed by atoms with Crippen LogP contribution in [0.15, 0.2) is 102 Å². The number of rotatable bonds is 10. The number of amides is 1. The van der Waals surface area contributed by atoms with Crippen LogP contribution in [-0.2, 0) is 24.3 Å². The smallest absolute Gasteiger partial charge is 0.274 e. The number of nitrogens with one attached hydrogen (secondary N) is 3. The quantitative estimate of drug-likeness (QED) is 0.205. The molecule has 0 unspecified atom stereocenters. The largest absolute Gasteiger partial charge is 0.384 e. The zero-order chi connectivity index (χ0) is 25.3. The highest BCUT2D eigenvalue weighted by Gasteiger charge is 2.14. The minimum atomic E-state index is -0.272. The van der Waals surface area contributed by atoms with Crippen molar-refractivity contribution in [2.45, 2.75) is 19.5 Å². The highest BCUT2D eigenvalue weighted by Crippen LogP contribution is 2.19. The standard InChI is InChI=1S/C29H29N5O2/c30-28(31)24-13-11-22(12-14-24)19-33-27(35)20-34-26(23-9-5-2-6-10-23)16-15-25(29(34)36)32-18-17-21-7-3-1-4-8-21/h1-16,32H,17-20H2,(H3,30,31)(H,33,35). The summed E-state index contributed by atoms with van der Waals surface area (Å²) in [5, 5.41) is 13.6. The summed E-state index contributed by atoms with van der Waals surface area (Å²) in [6.07, 6.45) is 0.781. The third-order valence-electron chi connectivity index (χ3n) is 5.87. The molecule has 0 fully saturated rings. The fourth-order valence-electron chi connectivity index (χ4n) is 3.92. The van der Waals surface area contributed by atoms with Crippen LogP contribution in [0.25, 0.3) is 11.3 Å². The maximum atomic E-state index is 13.4. The van der Waals surface area contributed by atoms with Crippen molar-refractivity contribution in [3.8, 4) is 11.3 Å². The van der Waals surface area contributed by atoms with Crippen LogP contribution in [0.3, 0.4) is 0 Å². The molecule has 1 heterocycles. The Kier molecular flexibility index (Phi) is 7.93. The van der Waals surface area contributed by atoms with Gasteiger partial charge in [0.15, 0.2) is 0 Å². The van der Waals surface area contributed by atoms with Gasteiger partial charge >= 0.3 is 0 Å². The molecule has 0 aliphatic carbocycles. The van der Waals surface area contributed by atoms with E-state index in [1.165, 1.54) is 10.1 Å². The number of hydrogen-bond donors (Lipinski definition) is 4. The van der Waals surface area contributed by atoms with Crippen LogP contribution in [-0.4, -0.2) is 22.9 Å². The second-order valence-electron chi connectivity index (χ2n) is 8.44. The van der Waals surface area contributed by atoms with Gasteiger partial charge in [-0.3, -0.25) is 19.6 Å². The second-order valence-corrected chi connectivity index (χ2v) is 8.44. The molecule has 1 amide bonds.